The number of carbonyl (C=O) groups is 1. The average Bonchev–Trinajstić information content (AvgIpc) is 3.16. The Balaban J connectivity index is 1.42. The number of anilines is 2. The van der Waals surface area contributed by atoms with Crippen molar-refractivity contribution in [3.05, 3.63) is 77.9 Å². The lowest BCUT2D eigenvalue weighted by molar-refractivity contribution is 0.0796. The highest BCUT2D eigenvalue weighted by Gasteiger charge is 2.22. The Labute approximate surface area is 158 Å². The number of likely N-dealkylation sites (N-methyl/N-ethyl adjacent to an activating group) is 1. The van der Waals surface area contributed by atoms with Gasteiger partial charge in [-0.1, -0.05) is 18.2 Å². The van der Waals surface area contributed by atoms with Crippen molar-refractivity contribution in [1.82, 2.24) is 19.9 Å². The molecule has 0 bridgehead atoms. The van der Waals surface area contributed by atoms with Crippen molar-refractivity contribution >= 4 is 17.5 Å². The van der Waals surface area contributed by atoms with E-state index in [9.17, 15) is 4.79 Å². The first-order valence-corrected chi connectivity index (χ1v) is 9.04. The van der Waals surface area contributed by atoms with Gasteiger partial charge in [0.25, 0.3) is 5.91 Å². The SMILES string of the molecule is CN(CCc1ccncc1)C(=O)c1cnc(N2CCc3ccccc32)nc1. The van der Waals surface area contributed by atoms with Crippen molar-refractivity contribution in [3.8, 4) is 0 Å². The predicted molar refractivity (Wildman–Crippen MR) is 104 cm³/mol. The average molecular weight is 359 g/mol. The lowest BCUT2D eigenvalue weighted by atomic mass is 10.2. The monoisotopic (exact) mass is 359 g/mol. The molecule has 0 unspecified atom stereocenters. The lowest BCUT2D eigenvalue weighted by Crippen LogP contribution is -2.29. The second-order valence-corrected chi connectivity index (χ2v) is 6.63. The number of benzene rings is 1. The van der Waals surface area contributed by atoms with Crippen LogP contribution in [0.4, 0.5) is 11.6 Å². The Morgan fingerprint density at radius 2 is 1.85 bits per heavy atom. The highest BCUT2D eigenvalue weighted by atomic mass is 16.2. The Morgan fingerprint density at radius 1 is 1.11 bits per heavy atom. The molecule has 0 saturated carbocycles. The highest BCUT2D eigenvalue weighted by molar-refractivity contribution is 5.93. The van der Waals surface area contributed by atoms with Crippen molar-refractivity contribution < 1.29 is 4.79 Å². The molecule has 3 heterocycles. The molecule has 6 heteroatoms. The summed E-state index contributed by atoms with van der Waals surface area (Å²) in [6.45, 7) is 1.49. The first-order valence-electron chi connectivity index (χ1n) is 9.04. The minimum atomic E-state index is -0.0718. The summed E-state index contributed by atoms with van der Waals surface area (Å²) in [5, 5.41) is 0. The number of hydrogen-bond acceptors (Lipinski definition) is 5. The van der Waals surface area contributed by atoms with E-state index < -0.39 is 0 Å². The molecule has 0 radical (unpaired) electrons. The molecule has 0 fully saturated rings. The number of aromatic nitrogens is 3. The van der Waals surface area contributed by atoms with Gasteiger partial charge in [-0.25, -0.2) is 9.97 Å². The minimum absolute atomic E-state index is 0.0718. The van der Waals surface area contributed by atoms with Gasteiger partial charge >= 0.3 is 0 Å². The van der Waals surface area contributed by atoms with Crippen LogP contribution < -0.4 is 4.90 Å². The van der Waals surface area contributed by atoms with E-state index in [4.69, 9.17) is 0 Å². The molecule has 1 aliphatic rings. The van der Waals surface area contributed by atoms with Gasteiger partial charge in [0.05, 0.1) is 5.56 Å². The van der Waals surface area contributed by atoms with Crippen molar-refractivity contribution in [2.75, 3.05) is 25.0 Å². The molecule has 0 N–H and O–H groups in total. The fourth-order valence-corrected chi connectivity index (χ4v) is 3.29. The fraction of sp³-hybridized carbons (Fsp3) is 0.238. The van der Waals surface area contributed by atoms with Crippen LogP contribution in [0, 0.1) is 0 Å². The second-order valence-electron chi connectivity index (χ2n) is 6.63. The van der Waals surface area contributed by atoms with E-state index in [1.807, 2.05) is 24.3 Å². The molecule has 3 aromatic rings. The van der Waals surface area contributed by atoms with Crippen LogP contribution in [0.1, 0.15) is 21.5 Å². The van der Waals surface area contributed by atoms with Crippen molar-refractivity contribution in [3.63, 3.8) is 0 Å². The third kappa shape index (κ3) is 3.65. The minimum Gasteiger partial charge on any atom is -0.341 e. The van der Waals surface area contributed by atoms with Gasteiger partial charge in [0, 0.05) is 50.6 Å². The van der Waals surface area contributed by atoms with Gasteiger partial charge in [-0.3, -0.25) is 9.78 Å². The number of fused-ring (bicyclic) bond motifs is 1. The van der Waals surface area contributed by atoms with Crippen LogP contribution in [-0.2, 0) is 12.8 Å². The Morgan fingerprint density at radius 3 is 2.63 bits per heavy atom. The van der Waals surface area contributed by atoms with Crippen LogP contribution in [0.5, 0.6) is 0 Å². The van der Waals surface area contributed by atoms with Gasteiger partial charge in [-0.2, -0.15) is 0 Å². The normalized spacial score (nSPS) is 12.7. The van der Waals surface area contributed by atoms with Crippen LogP contribution in [0.2, 0.25) is 0 Å². The zero-order chi connectivity index (χ0) is 18.6. The molecule has 0 atom stereocenters. The van der Waals surface area contributed by atoms with Gasteiger partial charge in [0.15, 0.2) is 0 Å². The first-order chi connectivity index (χ1) is 13.2. The molecular weight excluding hydrogens is 338 g/mol. The van der Waals surface area contributed by atoms with E-state index in [0.717, 1.165) is 30.6 Å². The van der Waals surface area contributed by atoms with Gasteiger partial charge in [-0.05, 0) is 42.2 Å². The third-order valence-electron chi connectivity index (χ3n) is 4.85. The van der Waals surface area contributed by atoms with Crippen LogP contribution in [0.3, 0.4) is 0 Å². The number of amides is 1. The zero-order valence-corrected chi connectivity index (χ0v) is 15.2. The molecule has 136 valence electrons. The third-order valence-corrected chi connectivity index (χ3v) is 4.85. The van der Waals surface area contributed by atoms with E-state index in [1.54, 1.807) is 36.7 Å². The van der Waals surface area contributed by atoms with E-state index in [-0.39, 0.29) is 5.91 Å². The maximum atomic E-state index is 12.6. The summed E-state index contributed by atoms with van der Waals surface area (Å²) < 4.78 is 0. The van der Waals surface area contributed by atoms with E-state index in [1.165, 1.54) is 5.56 Å². The Hall–Kier alpha value is -3.28. The number of nitrogens with zero attached hydrogens (tertiary/aromatic N) is 5. The quantitative estimate of drug-likeness (QED) is 0.701. The maximum Gasteiger partial charge on any atom is 0.256 e. The predicted octanol–water partition coefficient (Wildman–Crippen LogP) is 2.88. The number of pyridine rings is 1. The smallest absolute Gasteiger partial charge is 0.256 e. The molecule has 1 aromatic carbocycles. The van der Waals surface area contributed by atoms with Gasteiger partial charge in [0.2, 0.25) is 5.95 Å². The van der Waals surface area contributed by atoms with Crippen LogP contribution in [0.15, 0.2) is 61.2 Å². The van der Waals surface area contributed by atoms with Crippen LogP contribution in [0.25, 0.3) is 0 Å². The summed E-state index contributed by atoms with van der Waals surface area (Å²) >= 11 is 0. The summed E-state index contributed by atoms with van der Waals surface area (Å²) in [5.41, 5.74) is 4.11. The summed E-state index contributed by atoms with van der Waals surface area (Å²) in [6, 6.07) is 12.2. The molecule has 0 saturated heterocycles. The Bertz CT molecular complexity index is 927. The standard InChI is InChI=1S/C21H21N5O/c1-25(12-8-16-6-10-22-11-7-16)20(27)18-14-23-21(24-15-18)26-13-9-17-4-2-3-5-19(17)26/h2-7,10-11,14-15H,8-9,12-13H2,1H3. The molecule has 4 rings (SSSR count). The zero-order valence-electron chi connectivity index (χ0n) is 15.2. The summed E-state index contributed by atoms with van der Waals surface area (Å²) in [6.07, 6.45) is 8.54. The van der Waals surface area contributed by atoms with Gasteiger partial charge in [-0.15, -0.1) is 0 Å². The van der Waals surface area contributed by atoms with E-state index >= 15 is 0 Å². The van der Waals surface area contributed by atoms with Crippen molar-refractivity contribution in [2.45, 2.75) is 12.8 Å². The number of carbonyl (C=O) groups excluding carboxylic acids is 1. The molecular formula is C21H21N5O. The van der Waals surface area contributed by atoms with Gasteiger partial charge < -0.3 is 9.80 Å². The Kier molecular flexibility index (Phi) is 4.78. The summed E-state index contributed by atoms with van der Waals surface area (Å²) in [5.74, 6) is 0.563. The molecule has 2 aromatic heterocycles. The van der Waals surface area contributed by atoms with E-state index in [0.29, 0.717) is 18.1 Å². The molecule has 1 amide bonds. The molecule has 6 nitrogen and oxygen atoms in total. The number of hydrogen-bond donors (Lipinski definition) is 0. The molecule has 1 aliphatic heterocycles. The number of para-hydroxylation sites is 1. The van der Waals surface area contributed by atoms with E-state index in [2.05, 4.69) is 32.0 Å². The fourth-order valence-electron chi connectivity index (χ4n) is 3.29. The van der Waals surface area contributed by atoms with Crippen molar-refractivity contribution in [2.24, 2.45) is 0 Å². The second kappa shape index (κ2) is 7.53. The highest BCUT2D eigenvalue weighted by Crippen LogP contribution is 2.31. The van der Waals surface area contributed by atoms with Gasteiger partial charge in [0.1, 0.15) is 0 Å². The first kappa shape index (κ1) is 17.1. The molecule has 27 heavy (non-hydrogen) atoms. The lowest BCUT2D eigenvalue weighted by Gasteiger charge is -2.19. The molecule has 0 spiro atoms. The van der Waals surface area contributed by atoms with Crippen LogP contribution in [-0.4, -0.2) is 45.9 Å². The summed E-state index contributed by atoms with van der Waals surface area (Å²) in [7, 11) is 1.80. The maximum absolute atomic E-state index is 12.6. The topological polar surface area (TPSA) is 62.2 Å². The summed E-state index contributed by atoms with van der Waals surface area (Å²) in [4.78, 5) is 29.3. The van der Waals surface area contributed by atoms with Crippen LogP contribution >= 0.6 is 0 Å². The number of rotatable bonds is 5. The largest absolute Gasteiger partial charge is 0.341 e. The van der Waals surface area contributed by atoms with Crippen molar-refractivity contribution in [1.29, 1.82) is 0 Å². The molecule has 0 aliphatic carbocycles.